The van der Waals surface area contributed by atoms with Gasteiger partial charge in [-0.25, -0.2) is 15.2 Å². The molecule has 0 aliphatic carbocycles. The van der Waals surface area contributed by atoms with E-state index in [0.717, 1.165) is 0 Å². The highest BCUT2D eigenvalue weighted by Gasteiger charge is 2.25. The van der Waals surface area contributed by atoms with E-state index in [4.69, 9.17) is 19.9 Å². The van der Waals surface area contributed by atoms with Crippen LogP contribution >= 0.6 is 0 Å². The summed E-state index contributed by atoms with van der Waals surface area (Å²) in [6, 6.07) is 0. The summed E-state index contributed by atoms with van der Waals surface area (Å²) in [5.41, 5.74) is 0. The number of hydrogen-bond acceptors (Lipinski definition) is 8. The zero-order valence-corrected chi connectivity index (χ0v) is 10.7. The molecule has 12 nitrogen and oxygen atoms in total. The molecule has 21 heavy (non-hydrogen) atoms. The Labute approximate surface area is 116 Å². The molecule has 1 rings (SSSR count). The Kier molecular flexibility index (Phi) is 6.13. The topological polar surface area (TPSA) is 163 Å². The van der Waals surface area contributed by atoms with Gasteiger partial charge in [0.05, 0.1) is 0 Å². The Hall–Kier alpha value is -2.63. The van der Waals surface area contributed by atoms with Crippen molar-refractivity contribution in [3.8, 4) is 0 Å². The van der Waals surface area contributed by atoms with Crippen LogP contribution in [-0.2, 0) is 22.7 Å². The highest BCUT2D eigenvalue weighted by Crippen LogP contribution is 2.13. The maximum atomic E-state index is 10.9. The van der Waals surface area contributed by atoms with E-state index in [0.29, 0.717) is 0 Å². The lowest BCUT2D eigenvalue weighted by molar-refractivity contribution is -0.995. The third-order valence-corrected chi connectivity index (χ3v) is 2.41. The van der Waals surface area contributed by atoms with Crippen LogP contribution in [0.15, 0.2) is 13.6 Å². The lowest BCUT2D eigenvalue weighted by Gasteiger charge is -2.05. The van der Waals surface area contributed by atoms with Gasteiger partial charge in [0, 0.05) is 6.42 Å². The fraction of sp³-hybridized carbons (Fsp3) is 0.667. The maximum absolute atomic E-state index is 10.9. The van der Waals surface area contributed by atoms with Crippen molar-refractivity contribution in [3.05, 3.63) is 32.0 Å². The monoisotopic (exact) mass is 310 g/mol. The molecule has 1 unspecified atom stereocenters. The molecule has 0 aromatic carbocycles. The van der Waals surface area contributed by atoms with Crippen LogP contribution in [0, 0.1) is 9.81 Å². The van der Waals surface area contributed by atoms with Gasteiger partial charge in [0.15, 0.2) is 11.5 Å². The van der Waals surface area contributed by atoms with Crippen LogP contribution in [0.25, 0.3) is 0 Å². The van der Waals surface area contributed by atoms with Crippen molar-refractivity contribution in [3.63, 3.8) is 0 Å². The van der Waals surface area contributed by atoms with Crippen LogP contribution in [0.5, 0.6) is 0 Å². The van der Waals surface area contributed by atoms with Crippen molar-refractivity contribution < 1.29 is 44.2 Å². The van der Waals surface area contributed by atoms with Crippen LogP contribution < -0.4 is 5.82 Å². The fourth-order valence-electron chi connectivity index (χ4n) is 1.58. The molecular formula is C9H14N2O10+2. The summed E-state index contributed by atoms with van der Waals surface area (Å²) in [7, 11) is 0. The maximum Gasteiger partial charge on any atom is 0.519 e. The molecular weight excluding hydrogens is 296 g/mol. The molecule has 0 radical (unpaired) electrons. The number of rotatable bonds is 10. The van der Waals surface area contributed by atoms with Crippen molar-refractivity contribution in [2.75, 3.05) is 6.61 Å². The molecule has 0 saturated heterocycles. The smallest absolute Gasteiger partial charge is 0.396 e. The van der Waals surface area contributed by atoms with Crippen LogP contribution in [-0.4, -0.2) is 38.4 Å². The van der Waals surface area contributed by atoms with Crippen molar-refractivity contribution in [2.45, 2.75) is 32.0 Å². The molecule has 0 saturated carbocycles. The number of aryl methyl sites for hydroxylation is 1. The molecule has 0 amide bonds. The molecule has 1 aromatic heterocycles. The quantitative estimate of drug-likeness (QED) is 0.485. The molecule has 3 N–H and O–H groups in total. The molecule has 12 heteroatoms. The zero-order valence-electron chi connectivity index (χ0n) is 10.7. The van der Waals surface area contributed by atoms with Crippen LogP contribution in [0.4, 0.5) is 0 Å². The minimum atomic E-state index is -1.03. The molecule has 0 aliphatic rings. The van der Waals surface area contributed by atoms with E-state index in [1.165, 1.54) is 0 Å². The van der Waals surface area contributed by atoms with Gasteiger partial charge in [-0.3, -0.25) is 0 Å². The summed E-state index contributed by atoms with van der Waals surface area (Å²) < 4.78 is 9.25. The van der Waals surface area contributed by atoms with E-state index in [2.05, 4.69) is 14.1 Å². The van der Waals surface area contributed by atoms with E-state index in [1.54, 1.807) is 0 Å². The molecule has 0 aliphatic heterocycles. The molecule has 0 bridgehead atoms. The third-order valence-electron chi connectivity index (χ3n) is 2.41. The molecule has 0 fully saturated rings. The van der Waals surface area contributed by atoms with Crippen LogP contribution in [0.1, 0.15) is 24.4 Å². The van der Waals surface area contributed by atoms with Gasteiger partial charge in [0.2, 0.25) is 12.7 Å². The Balaban J connectivity index is 2.49. The van der Waals surface area contributed by atoms with Gasteiger partial charge in [-0.05, 0) is 12.8 Å². The van der Waals surface area contributed by atoms with Gasteiger partial charge in [-0.2, -0.15) is 9.68 Å². The SMILES string of the molecule is O=c1oc(CO)c(CCCC(CO[N+](=O)O)O[N+](=O)O)o1. The first-order valence-corrected chi connectivity index (χ1v) is 5.77. The summed E-state index contributed by atoms with van der Waals surface area (Å²) in [6.45, 7) is -1.01. The molecule has 1 atom stereocenters. The Morgan fingerprint density at radius 1 is 1.14 bits per heavy atom. The summed E-state index contributed by atoms with van der Waals surface area (Å²) in [4.78, 5) is 39.9. The first-order valence-electron chi connectivity index (χ1n) is 5.77. The average Bonchev–Trinajstić information content (AvgIpc) is 2.75. The highest BCUT2D eigenvalue weighted by atomic mass is 17.0. The van der Waals surface area contributed by atoms with Gasteiger partial charge in [0.1, 0.15) is 16.4 Å². The minimum Gasteiger partial charge on any atom is -0.396 e. The van der Waals surface area contributed by atoms with Gasteiger partial charge in [0.25, 0.3) is 0 Å². The van der Waals surface area contributed by atoms with Crippen LogP contribution in [0.2, 0.25) is 0 Å². The van der Waals surface area contributed by atoms with Gasteiger partial charge in [-0.15, -0.1) is 0 Å². The standard InChI is InChI=1S/C9H14N2O10/c12-4-8-7(19-9(13)20-8)3-1-2-6(21-11(16)17)5-18-10(14)15/h6,12H,1-5H2,(H,14,15)(H,16,17)/q+2. The lowest BCUT2D eigenvalue weighted by Crippen LogP contribution is -2.25. The van der Waals surface area contributed by atoms with Crippen LogP contribution in [0.3, 0.4) is 0 Å². The Morgan fingerprint density at radius 3 is 2.38 bits per heavy atom. The first-order chi connectivity index (χ1) is 9.92. The molecule has 118 valence electrons. The predicted octanol–water partition coefficient (Wildman–Crippen LogP) is -0.384. The van der Waals surface area contributed by atoms with E-state index < -0.39 is 35.3 Å². The largest absolute Gasteiger partial charge is 0.519 e. The van der Waals surface area contributed by atoms with Crippen molar-refractivity contribution >= 4 is 0 Å². The zero-order chi connectivity index (χ0) is 15.8. The first kappa shape index (κ1) is 16.4. The lowest BCUT2D eigenvalue weighted by atomic mass is 10.1. The molecule has 1 heterocycles. The van der Waals surface area contributed by atoms with E-state index in [9.17, 15) is 14.6 Å². The summed E-state index contributed by atoms with van der Waals surface area (Å²) >= 11 is 0. The Bertz CT molecular complexity index is 535. The van der Waals surface area contributed by atoms with E-state index in [1.807, 2.05) is 0 Å². The van der Waals surface area contributed by atoms with Gasteiger partial charge < -0.3 is 13.9 Å². The number of aliphatic hydroxyl groups is 1. The summed E-state index contributed by atoms with van der Waals surface area (Å²) in [5.74, 6) is -0.825. The average molecular weight is 310 g/mol. The minimum absolute atomic E-state index is 0.0116. The predicted molar refractivity (Wildman–Crippen MR) is 57.8 cm³/mol. The summed E-state index contributed by atoms with van der Waals surface area (Å²) in [6.07, 6.45) is -0.479. The second kappa shape index (κ2) is 7.84. The fourth-order valence-corrected chi connectivity index (χ4v) is 1.58. The second-order valence-corrected chi connectivity index (χ2v) is 3.85. The van der Waals surface area contributed by atoms with Gasteiger partial charge >= 0.3 is 16.0 Å². The van der Waals surface area contributed by atoms with Crippen molar-refractivity contribution in [2.24, 2.45) is 0 Å². The summed E-state index contributed by atoms with van der Waals surface area (Å²) in [5, 5.41) is 24.0. The van der Waals surface area contributed by atoms with Crippen molar-refractivity contribution in [1.29, 1.82) is 0 Å². The number of hydrogen-bond donors (Lipinski definition) is 3. The van der Waals surface area contributed by atoms with Gasteiger partial charge in [-0.1, -0.05) is 0 Å². The normalized spacial score (nSPS) is 11.9. The van der Waals surface area contributed by atoms with E-state index in [-0.39, 0.29) is 30.8 Å². The third kappa shape index (κ3) is 5.90. The molecule has 1 aromatic rings. The second-order valence-electron chi connectivity index (χ2n) is 3.85. The Morgan fingerprint density at radius 2 is 1.81 bits per heavy atom. The highest BCUT2D eigenvalue weighted by molar-refractivity contribution is 5.01. The number of nitrogens with zero attached hydrogens (tertiary/aromatic N) is 2. The van der Waals surface area contributed by atoms with Crippen molar-refractivity contribution in [1.82, 2.24) is 0 Å². The van der Waals surface area contributed by atoms with E-state index >= 15 is 0 Å². The number of aliphatic hydroxyl groups excluding tert-OH is 1. The molecule has 0 spiro atoms.